The molecule has 3 aromatic rings. The quantitative estimate of drug-likeness (QED) is 0.125. The van der Waals surface area contributed by atoms with Crippen molar-refractivity contribution in [2.24, 2.45) is 11.7 Å². The molecule has 0 spiro atoms. The van der Waals surface area contributed by atoms with Crippen molar-refractivity contribution in [2.45, 2.75) is 31.6 Å². The molecule has 1 aliphatic rings. The molecule has 1 aliphatic carbocycles. The van der Waals surface area contributed by atoms with E-state index in [0.717, 1.165) is 24.9 Å². The van der Waals surface area contributed by atoms with E-state index < -0.39 is 29.2 Å². The van der Waals surface area contributed by atoms with Gasteiger partial charge in [0.2, 0.25) is 0 Å². The van der Waals surface area contributed by atoms with Gasteiger partial charge in [0.15, 0.2) is 0 Å². The lowest BCUT2D eigenvalue weighted by molar-refractivity contribution is -0.112. The third kappa shape index (κ3) is 8.03. The van der Waals surface area contributed by atoms with E-state index in [1.165, 1.54) is 12.1 Å². The van der Waals surface area contributed by atoms with E-state index in [4.69, 9.17) is 11.0 Å². The summed E-state index contributed by atoms with van der Waals surface area (Å²) < 4.78 is 54.8. The summed E-state index contributed by atoms with van der Waals surface area (Å²) in [4.78, 5) is 13.2. The first-order chi connectivity index (χ1) is 19.6. The molecule has 4 rings (SSSR count). The zero-order valence-electron chi connectivity index (χ0n) is 22.1. The Morgan fingerprint density at radius 1 is 1.07 bits per heavy atom. The van der Waals surface area contributed by atoms with Gasteiger partial charge in [0, 0.05) is 12.2 Å². The van der Waals surface area contributed by atoms with Crippen molar-refractivity contribution < 1.29 is 22.4 Å². The van der Waals surface area contributed by atoms with Crippen LogP contribution in [0.5, 0.6) is 0 Å². The molecule has 1 unspecified atom stereocenters. The SMILES string of the molecule is C=C(/C=C(\Nc1cccc(CN)c1)C(=O)Nc1cc(C(NCC2CC2)c2ccc(C#N)cc2)ccc1F)C(F)(F)F. The Balaban J connectivity index is 1.64. The van der Waals surface area contributed by atoms with Gasteiger partial charge in [0.05, 0.1) is 28.9 Å². The molecule has 10 heteroatoms. The van der Waals surface area contributed by atoms with E-state index >= 15 is 0 Å². The molecule has 1 atom stereocenters. The molecule has 6 nitrogen and oxygen atoms in total. The smallest absolute Gasteiger partial charge is 0.351 e. The maximum Gasteiger partial charge on any atom is 0.415 e. The summed E-state index contributed by atoms with van der Waals surface area (Å²) in [6.07, 6.45) is -1.99. The summed E-state index contributed by atoms with van der Waals surface area (Å²) >= 11 is 0. The molecule has 1 amide bonds. The van der Waals surface area contributed by atoms with Crippen LogP contribution >= 0.6 is 0 Å². The van der Waals surface area contributed by atoms with E-state index in [1.807, 2.05) is 0 Å². The van der Waals surface area contributed by atoms with Crippen LogP contribution in [0.1, 0.15) is 41.1 Å². The van der Waals surface area contributed by atoms with Crippen LogP contribution in [0, 0.1) is 23.1 Å². The number of rotatable bonds is 11. The van der Waals surface area contributed by atoms with Gasteiger partial charge in [-0.05, 0) is 84.5 Å². The molecule has 0 aromatic heterocycles. The predicted octanol–water partition coefficient (Wildman–Crippen LogP) is 6.30. The fourth-order valence-corrected chi connectivity index (χ4v) is 4.14. The first-order valence-corrected chi connectivity index (χ1v) is 13.0. The Bertz CT molecular complexity index is 1490. The van der Waals surface area contributed by atoms with Crippen LogP contribution in [0.3, 0.4) is 0 Å². The number of carbonyl (C=O) groups excluding carboxylic acids is 1. The number of benzene rings is 3. The summed E-state index contributed by atoms with van der Waals surface area (Å²) in [5, 5.41) is 17.7. The van der Waals surface area contributed by atoms with E-state index in [-0.39, 0.29) is 18.3 Å². The summed E-state index contributed by atoms with van der Waals surface area (Å²) in [6.45, 7) is 3.94. The van der Waals surface area contributed by atoms with Crippen molar-refractivity contribution in [3.63, 3.8) is 0 Å². The Morgan fingerprint density at radius 2 is 1.78 bits per heavy atom. The standard InChI is InChI=1S/C31H29F4N5O/c1-19(31(33,34)35)13-28(39-25-4-2-3-22(14-25)17-37)30(41)40-27-15-24(11-12-26(27)32)29(38-18-21-5-6-21)23-9-7-20(16-36)8-10-23/h2-4,7-15,21,29,38-39H,1,5-6,17-18,37H2,(H,40,41)/b28-13-. The lowest BCUT2D eigenvalue weighted by Crippen LogP contribution is -2.25. The molecule has 5 N–H and O–H groups in total. The van der Waals surface area contributed by atoms with Crippen molar-refractivity contribution in [1.29, 1.82) is 5.26 Å². The monoisotopic (exact) mass is 563 g/mol. The van der Waals surface area contributed by atoms with Crippen LogP contribution < -0.4 is 21.7 Å². The van der Waals surface area contributed by atoms with Crippen LogP contribution in [-0.2, 0) is 11.3 Å². The predicted molar refractivity (Wildman–Crippen MR) is 150 cm³/mol. The van der Waals surface area contributed by atoms with Gasteiger partial charge in [0.25, 0.3) is 5.91 Å². The number of halogens is 4. The van der Waals surface area contributed by atoms with Gasteiger partial charge in [-0.2, -0.15) is 18.4 Å². The van der Waals surface area contributed by atoms with Crippen molar-refractivity contribution in [1.82, 2.24) is 5.32 Å². The summed E-state index contributed by atoms with van der Waals surface area (Å²) in [7, 11) is 0. The summed E-state index contributed by atoms with van der Waals surface area (Å²) in [5.41, 5.74) is 6.67. The Morgan fingerprint density at radius 3 is 2.41 bits per heavy atom. The molecular formula is C31H29F4N5O. The Labute approximate surface area is 235 Å². The fraction of sp³-hybridized carbons (Fsp3) is 0.226. The number of amides is 1. The molecule has 1 fully saturated rings. The van der Waals surface area contributed by atoms with Gasteiger partial charge >= 0.3 is 6.18 Å². The molecule has 0 radical (unpaired) electrons. The van der Waals surface area contributed by atoms with E-state index in [0.29, 0.717) is 34.4 Å². The Hall–Kier alpha value is -4.46. The van der Waals surface area contributed by atoms with Crippen molar-refractivity contribution >= 4 is 17.3 Å². The van der Waals surface area contributed by atoms with Gasteiger partial charge in [-0.25, -0.2) is 4.39 Å². The highest BCUT2D eigenvalue weighted by molar-refractivity contribution is 6.06. The highest BCUT2D eigenvalue weighted by Gasteiger charge is 2.31. The molecule has 0 aliphatic heterocycles. The average molecular weight is 564 g/mol. The van der Waals surface area contributed by atoms with E-state index in [9.17, 15) is 22.4 Å². The number of nitriles is 1. The number of anilines is 2. The second-order valence-corrected chi connectivity index (χ2v) is 9.82. The molecular weight excluding hydrogens is 534 g/mol. The van der Waals surface area contributed by atoms with Crippen LogP contribution in [0.2, 0.25) is 0 Å². The van der Waals surface area contributed by atoms with E-state index in [2.05, 4.69) is 28.6 Å². The summed E-state index contributed by atoms with van der Waals surface area (Å²) in [5.74, 6) is -1.22. The minimum absolute atomic E-state index is 0.184. The maximum atomic E-state index is 14.9. The average Bonchev–Trinajstić information content (AvgIpc) is 3.79. The van der Waals surface area contributed by atoms with Crippen molar-refractivity contribution in [2.75, 3.05) is 17.2 Å². The first-order valence-electron chi connectivity index (χ1n) is 13.0. The molecule has 0 saturated heterocycles. The molecule has 1 saturated carbocycles. The van der Waals surface area contributed by atoms with Crippen molar-refractivity contribution in [3.8, 4) is 6.07 Å². The largest absolute Gasteiger partial charge is 0.415 e. The third-order valence-electron chi connectivity index (χ3n) is 6.62. The maximum absolute atomic E-state index is 14.9. The zero-order chi connectivity index (χ0) is 29.6. The first kappa shape index (κ1) is 29.5. The molecule has 0 heterocycles. The van der Waals surface area contributed by atoms with Gasteiger partial charge in [-0.1, -0.05) is 36.9 Å². The van der Waals surface area contributed by atoms with Crippen LogP contribution in [0.15, 0.2) is 90.7 Å². The van der Waals surface area contributed by atoms with Gasteiger partial charge in [-0.15, -0.1) is 0 Å². The fourth-order valence-electron chi connectivity index (χ4n) is 4.14. The van der Waals surface area contributed by atoms with Crippen LogP contribution in [0.25, 0.3) is 0 Å². The lowest BCUT2D eigenvalue weighted by Gasteiger charge is -2.21. The molecule has 41 heavy (non-hydrogen) atoms. The minimum Gasteiger partial charge on any atom is -0.351 e. The Kier molecular flexibility index (Phi) is 9.22. The number of hydrogen-bond acceptors (Lipinski definition) is 5. The number of carbonyl (C=O) groups is 1. The van der Waals surface area contributed by atoms with Gasteiger partial charge in [0.1, 0.15) is 11.5 Å². The normalized spacial score (nSPS) is 14.2. The molecule has 3 aromatic carbocycles. The number of nitrogens with one attached hydrogen (secondary N) is 3. The van der Waals surface area contributed by atoms with Gasteiger partial charge in [-0.3, -0.25) is 4.79 Å². The second kappa shape index (κ2) is 12.8. The van der Waals surface area contributed by atoms with E-state index in [1.54, 1.807) is 54.6 Å². The van der Waals surface area contributed by atoms with Crippen molar-refractivity contribution in [3.05, 3.63) is 119 Å². The lowest BCUT2D eigenvalue weighted by atomic mass is 9.97. The second-order valence-electron chi connectivity index (χ2n) is 9.82. The third-order valence-corrected chi connectivity index (χ3v) is 6.62. The zero-order valence-corrected chi connectivity index (χ0v) is 22.1. The topological polar surface area (TPSA) is 103 Å². The minimum atomic E-state index is -4.78. The molecule has 0 bridgehead atoms. The number of nitrogens with two attached hydrogens (primary N) is 1. The number of hydrogen-bond donors (Lipinski definition) is 4. The van der Waals surface area contributed by atoms with Crippen LogP contribution in [0.4, 0.5) is 28.9 Å². The highest BCUT2D eigenvalue weighted by Crippen LogP contribution is 2.32. The summed E-state index contributed by atoms with van der Waals surface area (Å²) in [6, 6.07) is 19.4. The van der Waals surface area contributed by atoms with Crippen LogP contribution in [-0.4, -0.2) is 18.6 Å². The highest BCUT2D eigenvalue weighted by atomic mass is 19.4. The molecule has 212 valence electrons. The number of nitrogens with zero attached hydrogens (tertiary/aromatic N) is 1. The number of allylic oxidation sites excluding steroid dienone is 2. The number of alkyl halides is 3. The van der Waals surface area contributed by atoms with Gasteiger partial charge < -0.3 is 21.7 Å².